The molecule has 1 aromatic heterocycles. The maximum absolute atomic E-state index is 12.9. The molecule has 2 aromatic rings. The number of carbonyl (C=O) groups is 1. The number of benzene rings is 1. The van der Waals surface area contributed by atoms with Crippen molar-refractivity contribution < 1.29 is 14.6 Å². The summed E-state index contributed by atoms with van der Waals surface area (Å²) in [5.74, 6) is 1.31. The van der Waals surface area contributed by atoms with Crippen molar-refractivity contribution in [3.8, 4) is 0 Å². The van der Waals surface area contributed by atoms with E-state index in [-0.39, 0.29) is 11.5 Å². The van der Waals surface area contributed by atoms with Gasteiger partial charge in [-0.2, -0.15) is 0 Å². The zero-order chi connectivity index (χ0) is 22.9. The fraction of sp³-hybridized carbons (Fsp3) is 0.450. The smallest absolute Gasteiger partial charge is 0.277 e. The Morgan fingerprint density at radius 2 is 1.52 bits per heavy atom. The third kappa shape index (κ3) is 4.60. The summed E-state index contributed by atoms with van der Waals surface area (Å²) < 4.78 is 0. The number of amides is 1. The molecule has 0 aliphatic carbocycles. The number of anilines is 1. The van der Waals surface area contributed by atoms with Gasteiger partial charge in [-0.15, -0.1) is 0 Å². The lowest BCUT2D eigenvalue weighted by Crippen LogP contribution is -2.49. The monoisotopic (exact) mass is 428 g/mol. The Hall–Kier alpha value is -3.63. The van der Waals surface area contributed by atoms with Crippen LogP contribution in [0, 0.1) is 34.1 Å². The number of aryl methyl sites for hydroxylation is 2. The van der Waals surface area contributed by atoms with Crippen molar-refractivity contribution in [2.24, 2.45) is 0 Å². The third-order valence-corrected chi connectivity index (χ3v) is 5.24. The van der Waals surface area contributed by atoms with Gasteiger partial charge in [-0.1, -0.05) is 13.8 Å². The molecule has 1 saturated heterocycles. The van der Waals surface area contributed by atoms with Gasteiger partial charge in [0.1, 0.15) is 11.6 Å². The molecule has 0 bridgehead atoms. The first-order valence-corrected chi connectivity index (χ1v) is 9.91. The van der Waals surface area contributed by atoms with E-state index in [1.165, 1.54) is 0 Å². The lowest BCUT2D eigenvalue weighted by molar-refractivity contribution is -0.394. The van der Waals surface area contributed by atoms with Gasteiger partial charge >= 0.3 is 0 Å². The van der Waals surface area contributed by atoms with Crippen LogP contribution in [0.15, 0.2) is 18.2 Å². The summed E-state index contributed by atoms with van der Waals surface area (Å²) in [5.41, 5.74) is 0.972. The van der Waals surface area contributed by atoms with Crippen LogP contribution in [0.2, 0.25) is 0 Å². The first-order chi connectivity index (χ1) is 14.6. The Labute approximate surface area is 179 Å². The molecular formula is C20H24N6O5. The van der Waals surface area contributed by atoms with Crippen LogP contribution in [-0.2, 0) is 0 Å². The van der Waals surface area contributed by atoms with Gasteiger partial charge in [0.25, 0.3) is 17.3 Å². The normalized spacial score (nSPS) is 14.1. The van der Waals surface area contributed by atoms with Crippen LogP contribution in [0.3, 0.4) is 0 Å². The van der Waals surface area contributed by atoms with E-state index in [2.05, 4.69) is 28.7 Å². The molecule has 11 heteroatoms. The van der Waals surface area contributed by atoms with Gasteiger partial charge in [-0.05, 0) is 19.8 Å². The second-order valence-corrected chi connectivity index (χ2v) is 7.78. The molecule has 0 saturated carbocycles. The van der Waals surface area contributed by atoms with E-state index in [9.17, 15) is 25.0 Å². The van der Waals surface area contributed by atoms with Gasteiger partial charge in [-0.25, -0.2) is 9.97 Å². The topological polar surface area (TPSA) is 136 Å². The first-order valence-electron chi connectivity index (χ1n) is 9.91. The van der Waals surface area contributed by atoms with E-state index in [0.717, 1.165) is 35.3 Å². The van der Waals surface area contributed by atoms with Crippen molar-refractivity contribution in [3.63, 3.8) is 0 Å². The van der Waals surface area contributed by atoms with Crippen molar-refractivity contribution >= 4 is 23.1 Å². The average Bonchev–Trinajstić information content (AvgIpc) is 2.72. The number of hydrogen-bond donors (Lipinski definition) is 0. The van der Waals surface area contributed by atoms with Crippen molar-refractivity contribution in [1.29, 1.82) is 0 Å². The van der Waals surface area contributed by atoms with Crippen LogP contribution in [0.5, 0.6) is 0 Å². The summed E-state index contributed by atoms with van der Waals surface area (Å²) in [7, 11) is 0. The Kier molecular flexibility index (Phi) is 6.14. The zero-order valence-electron chi connectivity index (χ0n) is 17.9. The highest BCUT2D eigenvalue weighted by Crippen LogP contribution is 2.29. The van der Waals surface area contributed by atoms with E-state index >= 15 is 0 Å². The van der Waals surface area contributed by atoms with E-state index in [1.807, 2.05) is 13.8 Å². The number of aromatic nitrogens is 2. The maximum atomic E-state index is 12.9. The minimum absolute atomic E-state index is 0.0639. The fourth-order valence-electron chi connectivity index (χ4n) is 3.85. The number of nitro groups is 2. The first kappa shape index (κ1) is 22.1. The average molecular weight is 428 g/mol. The predicted octanol–water partition coefficient (Wildman–Crippen LogP) is 3.00. The second kappa shape index (κ2) is 8.62. The number of piperazine rings is 1. The second-order valence-electron chi connectivity index (χ2n) is 7.78. The Balaban J connectivity index is 1.82. The summed E-state index contributed by atoms with van der Waals surface area (Å²) in [6.07, 6.45) is 0. The number of rotatable bonds is 5. The molecule has 1 fully saturated rings. The molecule has 0 N–H and O–H groups in total. The molecule has 11 nitrogen and oxygen atoms in total. The number of nitro benzene ring substituents is 2. The summed E-state index contributed by atoms with van der Waals surface area (Å²) in [6.45, 7) is 9.76. The molecule has 2 heterocycles. The van der Waals surface area contributed by atoms with Crippen molar-refractivity contribution in [1.82, 2.24) is 14.9 Å². The maximum Gasteiger partial charge on any atom is 0.277 e. The van der Waals surface area contributed by atoms with Crippen LogP contribution < -0.4 is 4.90 Å². The van der Waals surface area contributed by atoms with Crippen LogP contribution in [0.25, 0.3) is 0 Å². The van der Waals surface area contributed by atoms with Gasteiger partial charge in [-0.3, -0.25) is 25.0 Å². The predicted molar refractivity (Wildman–Crippen MR) is 113 cm³/mol. The Morgan fingerprint density at radius 1 is 0.968 bits per heavy atom. The van der Waals surface area contributed by atoms with Gasteiger partial charge in [0, 0.05) is 49.6 Å². The van der Waals surface area contributed by atoms with Crippen LogP contribution in [0.1, 0.15) is 47.2 Å². The van der Waals surface area contributed by atoms with Crippen LogP contribution >= 0.6 is 0 Å². The lowest BCUT2D eigenvalue weighted by Gasteiger charge is -2.37. The van der Waals surface area contributed by atoms with Crippen molar-refractivity contribution in [3.05, 3.63) is 61.1 Å². The molecule has 1 aliphatic rings. The molecule has 0 unspecified atom stereocenters. The molecule has 0 atom stereocenters. The van der Waals surface area contributed by atoms with E-state index in [0.29, 0.717) is 32.0 Å². The number of carbonyl (C=O) groups excluding carboxylic acids is 1. The molecule has 3 rings (SSSR count). The van der Waals surface area contributed by atoms with Crippen LogP contribution in [-0.4, -0.2) is 56.8 Å². The molecule has 1 amide bonds. The standard InChI is InChI=1S/C20H24N6O5/c1-12(2)18-13(3)21-14(4)22-19(18)23-5-7-24(8-6-23)20(27)15-9-16(25(28)29)11-17(10-15)26(30)31/h9-12H,5-8H2,1-4H3. The quantitative estimate of drug-likeness (QED) is 0.524. The lowest BCUT2D eigenvalue weighted by atomic mass is 10.0. The third-order valence-electron chi connectivity index (χ3n) is 5.24. The molecule has 1 aromatic carbocycles. The molecule has 31 heavy (non-hydrogen) atoms. The fourth-order valence-corrected chi connectivity index (χ4v) is 3.85. The van der Waals surface area contributed by atoms with Gasteiger partial charge in [0.2, 0.25) is 0 Å². The number of hydrogen-bond acceptors (Lipinski definition) is 8. The molecule has 0 spiro atoms. The van der Waals surface area contributed by atoms with Crippen molar-refractivity contribution in [2.45, 2.75) is 33.6 Å². The highest BCUT2D eigenvalue weighted by molar-refractivity contribution is 5.95. The summed E-state index contributed by atoms with van der Waals surface area (Å²) >= 11 is 0. The molecular weight excluding hydrogens is 404 g/mol. The van der Waals surface area contributed by atoms with E-state index < -0.39 is 27.1 Å². The number of nitrogens with zero attached hydrogens (tertiary/aromatic N) is 6. The van der Waals surface area contributed by atoms with E-state index in [1.54, 1.807) is 4.90 Å². The SMILES string of the molecule is Cc1nc(C)c(C(C)C)c(N2CCN(C(=O)c3cc([N+](=O)[O-])cc([N+](=O)[O-])c3)CC2)n1. The van der Waals surface area contributed by atoms with Crippen molar-refractivity contribution in [2.75, 3.05) is 31.1 Å². The number of non-ortho nitro benzene ring substituents is 2. The van der Waals surface area contributed by atoms with E-state index in [4.69, 9.17) is 0 Å². The Bertz CT molecular complexity index is 1010. The molecule has 164 valence electrons. The Morgan fingerprint density at radius 3 is 2.00 bits per heavy atom. The minimum Gasteiger partial charge on any atom is -0.353 e. The zero-order valence-corrected chi connectivity index (χ0v) is 17.9. The van der Waals surface area contributed by atoms with Gasteiger partial charge in [0.15, 0.2) is 0 Å². The molecule has 1 aliphatic heterocycles. The summed E-state index contributed by atoms with van der Waals surface area (Å²) in [5, 5.41) is 22.2. The highest BCUT2D eigenvalue weighted by atomic mass is 16.6. The minimum atomic E-state index is -0.741. The largest absolute Gasteiger partial charge is 0.353 e. The molecule has 0 radical (unpaired) electrons. The van der Waals surface area contributed by atoms with Crippen LogP contribution in [0.4, 0.5) is 17.2 Å². The van der Waals surface area contributed by atoms with Gasteiger partial charge < -0.3 is 9.80 Å². The van der Waals surface area contributed by atoms with Gasteiger partial charge in [0.05, 0.1) is 21.5 Å². The highest BCUT2D eigenvalue weighted by Gasteiger charge is 2.28. The summed E-state index contributed by atoms with van der Waals surface area (Å²) in [6, 6.07) is 3.01. The summed E-state index contributed by atoms with van der Waals surface area (Å²) in [4.78, 5) is 46.4.